The minimum atomic E-state index is -1.50. The zero-order valence-electron chi connectivity index (χ0n) is 19.6. The minimum Gasteiger partial charge on any atom is -0.359 e. The van der Waals surface area contributed by atoms with Crippen molar-refractivity contribution >= 4 is 51.9 Å². The summed E-state index contributed by atoms with van der Waals surface area (Å²) in [5.41, 5.74) is 1.33. The SMILES string of the molecule is C=C(Nc1c(F)cccc1F)c1cc(NC(=C)C2C(c3cccc(C(C)(C)F)c3)C2(Cl)Cl)ccc1Cl. The van der Waals surface area contributed by atoms with Crippen molar-refractivity contribution in [3.8, 4) is 0 Å². The smallest absolute Gasteiger partial charge is 0.149 e. The van der Waals surface area contributed by atoms with E-state index in [1.165, 1.54) is 19.9 Å². The van der Waals surface area contributed by atoms with Crippen LogP contribution in [0.15, 0.2) is 79.5 Å². The Morgan fingerprint density at radius 2 is 1.58 bits per heavy atom. The average Bonchev–Trinajstić information content (AvgIpc) is 3.39. The number of hydrogen-bond donors (Lipinski definition) is 2. The molecule has 3 aromatic carbocycles. The molecule has 1 fully saturated rings. The third kappa shape index (κ3) is 5.24. The first kappa shape index (κ1) is 26.5. The summed E-state index contributed by atoms with van der Waals surface area (Å²) in [6.45, 7) is 11.0. The highest BCUT2D eigenvalue weighted by atomic mass is 35.5. The molecule has 1 aliphatic rings. The molecule has 188 valence electrons. The van der Waals surface area contributed by atoms with Gasteiger partial charge < -0.3 is 10.6 Å². The summed E-state index contributed by atoms with van der Waals surface area (Å²) in [6, 6.07) is 15.7. The van der Waals surface area contributed by atoms with Gasteiger partial charge in [0.2, 0.25) is 0 Å². The molecule has 4 rings (SSSR count). The molecule has 2 nitrogen and oxygen atoms in total. The van der Waals surface area contributed by atoms with Crippen LogP contribution in [0.3, 0.4) is 0 Å². The zero-order valence-corrected chi connectivity index (χ0v) is 21.9. The second-order valence-electron chi connectivity index (χ2n) is 9.27. The number of benzene rings is 3. The third-order valence-electron chi connectivity index (χ3n) is 6.20. The second kappa shape index (κ2) is 9.70. The number of hydrogen-bond acceptors (Lipinski definition) is 2. The van der Waals surface area contributed by atoms with Gasteiger partial charge in [-0.25, -0.2) is 13.2 Å². The Kier molecular flexibility index (Phi) is 7.13. The number of nitrogens with one attached hydrogen (secondary N) is 2. The Bertz CT molecular complexity index is 1330. The van der Waals surface area contributed by atoms with Crippen LogP contribution in [0.25, 0.3) is 5.70 Å². The molecule has 0 aromatic heterocycles. The lowest BCUT2D eigenvalue weighted by molar-refractivity contribution is 0.221. The van der Waals surface area contributed by atoms with E-state index in [2.05, 4.69) is 23.8 Å². The zero-order chi connectivity index (χ0) is 26.4. The first-order valence-corrected chi connectivity index (χ1v) is 12.3. The molecule has 1 aliphatic carbocycles. The van der Waals surface area contributed by atoms with Gasteiger partial charge in [0.25, 0.3) is 0 Å². The predicted octanol–water partition coefficient (Wildman–Crippen LogP) is 9.42. The average molecular weight is 552 g/mol. The van der Waals surface area contributed by atoms with Crippen molar-refractivity contribution in [2.75, 3.05) is 10.6 Å². The highest BCUT2D eigenvalue weighted by Crippen LogP contribution is 2.67. The molecular formula is C28H24Cl3F3N2. The lowest BCUT2D eigenvalue weighted by atomic mass is 9.96. The molecule has 8 heteroatoms. The number of alkyl halides is 3. The van der Waals surface area contributed by atoms with Crippen LogP contribution >= 0.6 is 34.8 Å². The van der Waals surface area contributed by atoms with Gasteiger partial charge in [-0.05, 0) is 55.3 Å². The van der Waals surface area contributed by atoms with E-state index in [0.29, 0.717) is 27.5 Å². The summed E-state index contributed by atoms with van der Waals surface area (Å²) in [6.07, 6.45) is 0. The van der Waals surface area contributed by atoms with Crippen LogP contribution in [-0.2, 0) is 5.67 Å². The summed E-state index contributed by atoms with van der Waals surface area (Å²) in [5, 5.41) is 6.19. The number of allylic oxidation sites excluding steroid dienone is 1. The van der Waals surface area contributed by atoms with E-state index in [1.807, 2.05) is 6.07 Å². The van der Waals surface area contributed by atoms with Crippen molar-refractivity contribution in [2.24, 2.45) is 5.92 Å². The molecule has 0 amide bonds. The summed E-state index contributed by atoms with van der Waals surface area (Å²) < 4.78 is 41.5. The first-order valence-electron chi connectivity index (χ1n) is 11.1. The number of halogens is 6. The molecule has 2 atom stereocenters. The first-order chi connectivity index (χ1) is 16.8. The molecule has 0 aliphatic heterocycles. The van der Waals surface area contributed by atoms with E-state index in [4.69, 9.17) is 34.8 Å². The van der Waals surface area contributed by atoms with Crippen LogP contribution in [0.4, 0.5) is 24.5 Å². The summed E-state index contributed by atoms with van der Waals surface area (Å²) >= 11 is 19.6. The van der Waals surface area contributed by atoms with E-state index in [9.17, 15) is 13.2 Å². The maximum atomic E-state index is 14.5. The summed E-state index contributed by atoms with van der Waals surface area (Å²) in [4.78, 5) is 0. The topological polar surface area (TPSA) is 24.1 Å². The van der Waals surface area contributed by atoms with E-state index < -0.39 is 21.6 Å². The van der Waals surface area contributed by atoms with Crippen LogP contribution < -0.4 is 10.6 Å². The molecule has 0 radical (unpaired) electrons. The fourth-order valence-corrected chi connectivity index (χ4v) is 5.33. The summed E-state index contributed by atoms with van der Waals surface area (Å²) in [5.74, 6) is -2.13. The lowest BCUT2D eigenvalue weighted by Crippen LogP contribution is -2.09. The van der Waals surface area contributed by atoms with Gasteiger partial charge in [0.15, 0.2) is 0 Å². The maximum Gasteiger partial charge on any atom is 0.149 e. The number of anilines is 2. The minimum absolute atomic E-state index is 0.206. The molecule has 2 unspecified atom stereocenters. The van der Waals surface area contributed by atoms with E-state index in [-0.39, 0.29) is 23.2 Å². The number of rotatable bonds is 8. The van der Waals surface area contributed by atoms with Gasteiger partial charge in [-0.2, -0.15) is 0 Å². The predicted molar refractivity (Wildman–Crippen MR) is 144 cm³/mol. The molecular weight excluding hydrogens is 528 g/mol. The van der Waals surface area contributed by atoms with Crippen molar-refractivity contribution < 1.29 is 13.2 Å². The second-order valence-corrected chi connectivity index (χ2v) is 11.1. The van der Waals surface area contributed by atoms with E-state index in [0.717, 1.165) is 17.7 Å². The molecule has 0 saturated heterocycles. The van der Waals surface area contributed by atoms with Crippen LogP contribution in [-0.4, -0.2) is 4.33 Å². The Morgan fingerprint density at radius 1 is 0.944 bits per heavy atom. The van der Waals surface area contributed by atoms with Gasteiger partial charge in [-0.1, -0.05) is 55.1 Å². The lowest BCUT2D eigenvalue weighted by Gasteiger charge is -2.16. The maximum absolute atomic E-state index is 14.5. The Labute approximate surface area is 223 Å². The van der Waals surface area contributed by atoms with Crippen molar-refractivity contribution in [1.29, 1.82) is 0 Å². The largest absolute Gasteiger partial charge is 0.359 e. The molecule has 36 heavy (non-hydrogen) atoms. The Morgan fingerprint density at radius 3 is 2.22 bits per heavy atom. The molecule has 1 saturated carbocycles. The molecule has 2 N–H and O–H groups in total. The molecule has 0 heterocycles. The van der Waals surface area contributed by atoms with Crippen LogP contribution in [0.2, 0.25) is 5.02 Å². The third-order valence-corrected chi connectivity index (χ3v) is 7.47. The molecule has 0 spiro atoms. The molecule has 0 bridgehead atoms. The fraction of sp³-hybridized carbons (Fsp3) is 0.214. The quantitative estimate of drug-likeness (QED) is 0.273. The normalized spacial score (nSPS) is 18.4. The standard InChI is InChI=1S/C28H24Cl3F3N2/c1-15(36-26-22(32)9-6-10-23(26)33)20-14-19(11-12-21(20)29)35-16(2)24-25(28(24,30)31)17-7-5-8-18(13-17)27(3,4)34/h5-14,24-25,35-36H,1-2H2,3-4H3. The highest BCUT2D eigenvalue weighted by Gasteiger charge is 2.65. The van der Waals surface area contributed by atoms with Gasteiger partial charge in [-0.3, -0.25) is 0 Å². The van der Waals surface area contributed by atoms with Crippen LogP contribution in [0.1, 0.15) is 36.5 Å². The van der Waals surface area contributed by atoms with Crippen molar-refractivity contribution in [1.82, 2.24) is 0 Å². The van der Waals surface area contributed by atoms with Gasteiger partial charge >= 0.3 is 0 Å². The van der Waals surface area contributed by atoms with E-state index >= 15 is 0 Å². The van der Waals surface area contributed by atoms with Gasteiger partial charge in [0.05, 0.1) is 5.02 Å². The van der Waals surface area contributed by atoms with Crippen molar-refractivity contribution in [3.63, 3.8) is 0 Å². The van der Waals surface area contributed by atoms with E-state index in [1.54, 1.807) is 36.4 Å². The Balaban J connectivity index is 1.53. The monoisotopic (exact) mass is 550 g/mol. The molecule has 3 aromatic rings. The fourth-order valence-electron chi connectivity index (χ4n) is 4.21. The van der Waals surface area contributed by atoms with Gasteiger partial charge in [0.1, 0.15) is 27.3 Å². The highest BCUT2D eigenvalue weighted by molar-refractivity contribution is 6.52. The Hall–Kier alpha value is -2.60. The van der Waals surface area contributed by atoms with Crippen molar-refractivity contribution in [3.05, 3.63) is 113 Å². The van der Waals surface area contributed by atoms with Gasteiger partial charge in [-0.15, -0.1) is 23.2 Å². The van der Waals surface area contributed by atoms with Crippen molar-refractivity contribution in [2.45, 2.75) is 29.8 Å². The summed E-state index contributed by atoms with van der Waals surface area (Å²) in [7, 11) is 0. The van der Waals surface area contributed by atoms with Crippen LogP contribution in [0.5, 0.6) is 0 Å². The number of para-hydroxylation sites is 1. The van der Waals surface area contributed by atoms with Crippen LogP contribution in [0, 0.1) is 17.6 Å². The van der Waals surface area contributed by atoms with Gasteiger partial charge in [0, 0.05) is 34.5 Å².